The van der Waals surface area contributed by atoms with Gasteiger partial charge in [-0.25, -0.2) is 0 Å². The number of ether oxygens (including phenoxy) is 2. The van der Waals surface area contributed by atoms with E-state index < -0.39 is 0 Å². The van der Waals surface area contributed by atoms with E-state index in [2.05, 4.69) is 17.1 Å². The van der Waals surface area contributed by atoms with Crippen LogP contribution in [0.5, 0.6) is 11.5 Å². The summed E-state index contributed by atoms with van der Waals surface area (Å²) >= 11 is 7.59. The maximum atomic E-state index is 5.96. The highest BCUT2D eigenvalue weighted by molar-refractivity contribution is 7.98. The van der Waals surface area contributed by atoms with Crippen molar-refractivity contribution in [1.29, 1.82) is 0 Å². The number of nitrogens with zero attached hydrogens (tertiary/aromatic N) is 3. The van der Waals surface area contributed by atoms with Crippen molar-refractivity contribution < 1.29 is 9.47 Å². The Bertz CT molecular complexity index is 910. The fourth-order valence-corrected chi connectivity index (χ4v) is 3.71. The molecule has 5 nitrogen and oxygen atoms in total. The summed E-state index contributed by atoms with van der Waals surface area (Å²) < 4.78 is 12.7. The molecule has 0 atom stereocenters. The van der Waals surface area contributed by atoms with Crippen molar-refractivity contribution in [3.63, 3.8) is 0 Å². The van der Waals surface area contributed by atoms with Crippen molar-refractivity contribution in [2.45, 2.75) is 17.8 Å². The molecule has 1 aromatic heterocycles. The Morgan fingerprint density at radius 1 is 1.04 bits per heavy atom. The molecular weight excluding hydrogens is 370 g/mol. The van der Waals surface area contributed by atoms with Gasteiger partial charge in [0.25, 0.3) is 0 Å². The van der Waals surface area contributed by atoms with Gasteiger partial charge < -0.3 is 14.0 Å². The summed E-state index contributed by atoms with van der Waals surface area (Å²) in [6.07, 6.45) is 0. The van der Waals surface area contributed by atoms with E-state index in [1.54, 1.807) is 26.0 Å². The fourth-order valence-electron chi connectivity index (χ4n) is 2.61. The second-order valence-electron chi connectivity index (χ2n) is 5.79. The van der Waals surface area contributed by atoms with Crippen LogP contribution in [0.25, 0.3) is 11.4 Å². The first-order valence-electron chi connectivity index (χ1n) is 8.03. The van der Waals surface area contributed by atoms with Gasteiger partial charge in [0.1, 0.15) is 0 Å². The van der Waals surface area contributed by atoms with Crippen LogP contribution in [0.3, 0.4) is 0 Å². The van der Waals surface area contributed by atoms with Crippen LogP contribution in [-0.4, -0.2) is 29.0 Å². The molecule has 3 rings (SSSR count). The Morgan fingerprint density at radius 3 is 2.35 bits per heavy atom. The second kappa shape index (κ2) is 8.01. The molecule has 0 radical (unpaired) electrons. The molecule has 0 saturated heterocycles. The van der Waals surface area contributed by atoms with Crippen LogP contribution >= 0.6 is 23.4 Å². The Balaban J connectivity index is 1.80. The summed E-state index contributed by atoms with van der Waals surface area (Å²) in [6, 6.07) is 11.6. The van der Waals surface area contributed by atoms with E-state index in [0.29, 0.717) is 5.02 Å². The number of hydrogen-bond acceptors (Lipinski definition) is 5. The molecule has 0 aliphatic heterocycles. The van der Waals surface area contributed by atoms with Crippen LogP contribution in [0.2, 0.25) is 5.02 Å². The lowest BCUT2D eigenvalue weighted by Gasteiger charge is -2.12. The van der Waals surface area contributed by atoms with Crippen molar-refractivity contribution in [2.24, 2.45) is 7.05 Å². The average Bonchev–Trinajstić information content (AvgIpc) is 3.01. The van der Waals surface area contributed by atoms with Crippen molar-refractivity contribution in [2.75, 3.05) is 14.2 Å². The summed E-state index contributed by atoms with van der Waals surface area (Å²) in [5.74, 6) is 3.04. The first-order valence-corrected chi connectivity index (χ1v) is 9.39. The Hall–Kier alpha value is -2.18. The van der Waals surface area contributed by atoms with Crippen LogP contribution in [0.1, 0.15) is 11.1 Å². The molecule has 0 aliphatic rings. The number of hydrogen-bond donors (Lipinski definition) is 0. The van der Waals surface area contributed by atoms with Gasteiger partial charge >= 0.3 is 0 Å². The molecule has 0 spiro atoms. The Morgan fingerprint density at radius 2 is 1.69 bits per heavy atom. The maximum absolute atomic E-state index is 5.96. The third-order valence-electron chi connectivity index (χ3n) is 4.14. The molecule has 0 fully saturated rings. The summed E-state index contributed by atoms with van der Waals surface area (Å²) in [5, 5.41) is 10.2. The minimum absolute atomic E-state index is 0.703. The van der Waals surface area contributed by atoms with Gasteiger partial charge in [-0.3, -0.25) is 0 Å². The highest BCUT2D eigenvalue weighted by Gasteiger charge is 2.13. The monoisotopic (exact) mass is 389 g/mol. The summed E-state index contributed by atoms with van der Waals surface area (Å²) in [5.41, 5.74) is 3.30. The SMILES string of the molecule is COc1cc(C)c(CSc2nnc(-c3ccc(Cl)cc3)n2C)cc1OC. The van der Waals surface area contributed by atoms with E-state index in [1.807, 2.05) is 48.0 Å². The molecule has 0 aliphatic carbocycles. The number of rotatable bonds is 6. The second-order valence-corrected chi connectivity index (χ2v) is 7.17. The van der Waals surface area contributed by atoms with Gasteiger partial charge in [-0.2, -0.15) is 0 Å². The first kappa shape index (κ1) is 18.6. The van der Waals surface area contributed by atoms with Gasteiger partial charge in [-0.05, 0) is 54.4 Å². The molecule has 0 bridgehead atoms. The van der Waals surface area contributed by atoms with E-state index in [0.717, 1.165) is 39.4 Å². The molecule has 0 unspecified atom stereocenters. The van der Waals surface area contributed by atoms with Gasteiger partial charge in [-0.1, -0.05) is 23.4 Å². The smallest absolute Gasteiger partial charge is 0.191 e. The lowest BCUT2D eigenvalue weighted by Crippen LogP contribution is -1.97. The molecule has 26 heavy (non-hydrogen) atoms. The van der Waals surface area contributed by atoms with E-state index in [9.17, 15) is 0 Å². The highest BCUT2D eigenvalue weighted by atomic mass is 35.5. The van der Waals surface area contributed by atoms with E-state index >= 15 is 0 Å². The number of halogens is 1. The predicted molar refractivity (Wildman–Crippen MR) is 105 cm³/mol. The van der Waals surface area contributed by atoms with Crippen LogP contribution < -0.4 is 9.47 Å². The van der Waals surface area contributed by atoms with Crippen LogP contribution in [0.4, 0.5) is 0 Å². The molecule has 0 saturated carbocycles. The van der Waals surface area contributed by atoms with Crippen LogP contribution in [0, 0.1) is 6.92 Å². The number of thioether (sulfide) groups is 1. The summed E-state index contributed by atoms with van der Waals surface area (Å²) in [4.78, 5) is 0. The zero-order valence-corrected chi connectivity index (χ0v) is 16.7. The standard InChI is InChI=1S/C19H20ClN3O2S/c1-12-9-16(24-3)17(25-4)10-14(12)11-26-19-22-21-18(23(19)2)13-5-7-15(20)8-6-13/h5-10H,11H2,1-4H3. The lowest BCUT2D eigenvalue weighted by molar-refractivity contribution is 0.354. The fraction of sp³-hybridized carbons (Fsp3) is 0.263. The highest BCUT2D eigenvalue weighted by Crippen LogP contribution is 2.33. The van der Waals surface area contributed by atoms with Crippen molar-refractivity contribution in [3.05, 3.63) is 52.5 Å². The van der Waals surface area contributed by atoms with Crippen molar-refractivity contribution in [1.82, 2.24) is 14.8 Å². The van der Waals surface area contributed by atoms with Gasteiger partial charge in [0.2, 0.25) is 0 Å². The molecule has 7 heteroatoms. The van der Waals surface area contributed by atoms with E-state index in [1.165, 1.54) is 5.56 Å². The summed E-state index contributed by atoms with van der Waals surface area (Å²) in [7, 11) is 5.25. The molecule has 2 aromatic carbocycles. The topological polar surface area (TPSA) is 49.2 Å². The first-order chi connectivity index (χ1) is 12.5. The minimum atomic E-state index is 0.703. The number of aromatic nitrogens is 3. The van der Waals surface area contributed by atoms with Gasteiger partial charge in [0.05, 0.1) is 14.2 Å². The molecule has 3 aromatic rings. The Kier molecular flexibility index (Phi) is 5.74. The number of aryl methyl sites for hydroxylation is 1. The normalized spacial score (nSPS) is 10.8. The third kappa shape index (κ3) is 3.81. The van der Waals surface area contributed by atoms with Crippen LogP contribution in [0.15, 0.2) is 41.6 Å². The van der Waals surface area contributed by atoms with Crippen molar-refractivity contribution in [3.8, 4) is 22.9 Å². The molecule has 0 N–H and O–H groups in total. The van der Waals surface area contributed by atoms with E-state index in [4.69, 9.17) is 21.1 Å². The van der Waals surface area contributed by atoms with Crippen molar-refractivity contribution >= 4 is 23.4 Å². The quantitative estimate of drug-likeness (QED) is 0.569. The van der Waals surface area contributed by atoms with E-state index in [-0.39, 0.29) is 0 Å². The van der Waals surface area contributed by atoms with Gasteiger partial charge in [0, 0.05) is 23.4 Å². The predicted octanol–water partition coefficient (Wildman–Crippen LogP) is 4.75. The maximum Gasteiger partial charge on any atom is 0.191 e. The summed E-state index contributed by atoms with van der Waals surface area (Å²) in [6.45, 7) is 2.06. The van der Waals surface area contributed by atoms with Gasteiger partial charge in [-0.15, -0.1) is 10.2 Å². The van der Waals surface area contributed by atoms with Crippen LogP contribution in [-0.2, 0) is 12.8 Å². The zero-order chi connectivity index (χ0) is 18.7. The number of benzene rings is 2. The third-order valence-corrected chi connectivity index (χ3v) is 5.46. The minimum Gasteiger partial charge on any atom is -0.493 e. The lowest BCUT2D eigenvalue weighted by atomic mass is 10.1. The zero-order valence-electron chi connectivity index (χ0n) is 15.1. The number of methoxy groups -OCH3 is 2. The molecule has 0 amide bonds. The Labute approximate surface area is 162 Å². The molecule has 136 valence electrons. The average molecular weight is 390 g/mol. The van der Waals surface area contributed by atoms with Gasteiger partial charge in [0.15, 0.2) is 22.5 Å². The largest absolute Gasteiger partial charge is 0.493 e. The molecule has 1 heterocycles. The molecular formula is C19H20ClN3O2S.